The van der Waals surface area contributed by atoms with Crippen molar-refractivity contribution in [3.8, 4) is 21.7 Å². The number of halogens is 3. The van der Waals surface area contributed by atoms with Gasteiger partial charge in [0.15, 0.2) is 0 Å². The molecule has 0 saturated heterocycles. The Hall–Kier alpha value is -3.18. The number of hydrogen-bond donors (Lipinski definition) is 0. The van der Waals surface area contributed by atoms with Crippen molar-refractivity contribution in [2.24, 2.45) is 5.41 Å². The third-order valence-electron chi connectivity index (χ3n) is 9.71. The molecular weight excluding hydrogens is 571 g/mol. The molecule has 0 aliphatic heterocycles. The van der Waals surface area contributed by atoms with Crippen LogP contribution in [0.5, 0.6) is 0 Å². The molecule has 0 atom stereocenters. The first kappa shape index (κ1) is 29.5. The molecule has 2 aromatic heterocycles. The van der Waals surface area contributed by atoms with E-state index in [1.54, 1.807) is 6.92 Å². The van der Waals surface area contributed by atoms with Crippen LogP contribution in [0.25, 0.3) is 42.6 Å². The maximum absolute atomic E-state index is 14.6. The molecule has 1 aliphatic rings. The van der Waals surface area contributed by atoms with E-state index in [2.05, 4.69) is 77.7 Å². The lowest BCUT2D eigenvalue weighted by atomic mass is 9.71. The van der Waals surface area contributed by atoms with Crippen LogP contribution in [0.1, 0.15) is 101 Å². The van der Waals surface area contributed by atoms with Crippen LogP contribution in [0.2, 0.25) is 0 Å². The van der Waals surface area contributed by atoms with Crippen molar-refractivity contribution in [3.05, 3.63) is 88.1 Å². The fourth-order valence-electron chi connectivity index (χ4n) is 7.23. The maximum atomic E-state index is 14.6. The Bertz CT molecular complexity index is 1930. The molecule has 3 aromatic carbocycles. The van der Waals surface area contributed by atoms with Gasteiger partial charge in [-0.15, -0.1) is 11.3 Å². The van der Waals surface area contributed by atoms with Gasteiger partial charge in [-0.05, 0) is 119 Å². The van der Waals surface area contributed by atoms with E-state index in [1.165, 1.54) is 29.7 Å². The van der Waals surface area contributed by atoms with Crippen molar-refractivity contribution >= 4 is 32.2 Å². The van der Waals surface area contributed by atoms with Crippen LogP contribution in [-0.2, 0) is 11.6 Å². The summed E-state index contributed by atoms with van der Waals surface area (Å²) >= 11 is 1.38. The minimum atomic E-state index is -4.70. The van der Waals surface area contributed by atoms with Crippen LogP contribution < -0.4 is 0 Å². The van der Waals surface area contributed by atoms with Crippen LogP contribution in [0, 0.1) is 26.2 Å². The lowest BCUT2D eigenvalue weighted by molar-refractivity contribution is -0.136. The molecule has 0 radical (unpaired) electrons. The Balaban J connectivity index is 1.59. The maximum Gasteiger partial charge on any atom is 0.418 e. The van der Waals surface area contributed by atoms with Gasteiger partial charge >= 0.3 is 6.18 Å². The van der Waals surface area contributed by atoms with Crippen molar-refractivity contribution in [3.63, 3.8) is 0 Å². The van der Waals surface area contributed by atoms with Gasteiger partial charge in [-0.3, -0.25) is 4.98 Å². The minimum Gasteiger partial charge on any atom is -0.254 e. The number of hydrogen-bond acceptors (Lipinski definition) is 2. The summed E-state index contributed by atoms with van der Waals surface area (Å²) < 4.78 is 53.0. The van der Waals surface area contributed by atoms with Crippen LogP contribution >= 0.6 is 11.3 Å². The summed E-state index contributed by atoms with van der Waals surface area (Å²) in [6, 6.07) is 16.7. The molecule has 1 aliphatic carbocycles. The SMILES string of the molecule is [2H]c1nc(-c2cc(C(C)(C)C)c3ccccc3c2)c2sc(-c3c(C)cc(C4CCC(C)(C)CC4)cc3C)c(C)c2c1C(F)(F)F. The lowest BCUT2D eigenvalue weighted by Crippen LogP contribution is -2.20. The monoisotopic (exact) mass is 614 g/mol. The van der Waals surface area contributed by atoms with Gasteiger partial charge in [-0.25, -0.2) is 0 Å². The van der Waals surface area contributed by atoms with Crippen LogP contribution in [0.15, 0.2) is 54.7 Å². The van der Waals surface area contributed by atoms with Crippen LogP contribution in [0.4, 0.5) is 13.2 Å². The molecule has 0 N–H and O–H groups in total. The summed E-state index contributed by atoms with van der Waals surface area (Å²) in [5.74, 6) is 0.511. The molecule has 2 heterocycles. The van der Waals surface area contributed by atoms with Crippen molar-refractivity contribution in [1.29, 1.82) is 0 Å². The fraction of sp³-hybridized carbons (Fsp3) is 0.410. The third-order valence-corrected chi connectivity index (χ3v) is 11.0. The van der Waals surface area contributed by atoms with E-state index >= 15 is 0 Å². The Kier molecular flexibility index (Phi) is 7.19. The third kappa shape index (κ3) is 5.46. The van der Waals surface area contributed by atoms with Gasteiger partial charge in [0.1, 0.15) is 0 Å². The molecule has 5 aromatic rings. The van der Waals surface area contributed by atoms with Crippen molar-refractivity contribution < 1.29 is 14.5 Å². The second-order valence-electron chi connectivity index (χ2n) is 14.7. The molecule has 0 bridgehead atoms. The van der Waals surface area contributed by atoms with Gasteiger partial charge < -0.3 is 0 Å². The molecule has 6 rings (SSSR count). The van der Waals surface area contributed by atoms with Gasteiger partial charge in [-0.2, -0.15) is 13.2 Å². The first-order chi connectivity index (χ1) is 21.0. The molecule has 0 unspecified atom stereocenters. The number of benzene rings is 3. The highest BCUT2D eigenvalue weighted by atomic mass is 32.1. The van der Waals surface area contributed by atoms with Gasteiger partial charge in [0, 0.05) is 22.0 Å². The zero-order valence-electron chi connectivity index (χ0n) is 28.0. The Morgan fingerprint density at radius 2 is 1.55 bits per heavy atom. The summed E-state index contributed by atoms with van der Waals surface area (Å²) in [5, 5.41) is 2.21. The van der Waals surface area contributed by atoms with E-state index in [1.807, 2.05) is 24.3 Å². The highest BCUT2D eigenvalue weighted by Gasteiger charge is 2.36. The number of pyridine rings is 1. The molecule has 230 valence electrons. The number of nitrogens with zero attached hydrogens (tertiary/aromatic N) is 1. The number of fused-ring (bicyclic) bond motifs is 2. The molecule has 5 heteroatoms. The summed E-state index contributed by atoms with van der Waals surface area (Å²) in [6.45, 7) is 17.1. The van der Waals surface area contributed by atoms with Gasteiger partial charge in [0.25, 0.3) is 0 Å². The fourth-order valence-corrected chi connectivity index (χ4v) is 8.73. The van der Waals surface area contributed by atoms with E-state index in [4.69, 9.17) is 1.37 Å². The lowest BCUT2D eigenvalue weighted by Gasteiger charge is -2.35. The Morgan fingerprint density at radius 3 is 2.16 bits per heavy atom. The quantitative estimate of drug-likeness (QED) is 0.197. The summed E-state index contributed by atoms with van der Waals surface area (Å²) in [4.78, 5) is 5.23. The molecule has 0 spiro atoms. The highest BCUT2D eigenvalue weighted by molar-refractivity contribution is 7.23. The van der Waals surface area contributed by atoms with Gasteiger partial charge in [0.2, 0.25) is 0 Å². The number of alkyl halides is 3. The molecule has 1 saturated carbocycles. The predicted molar refractivity (Wildman–Crippen MR) is 181 cm³/mol. The van der Waals surface area contributed by atoms with Crippen molar-refractivity contribution in [2.45, 2.75) is 98.6 Å². The summed E-state index contributed by atoms with van der Waals surface area (Å²) in [7, 11) is 0. The first-order valence-corrected chi connectivity index (χ1v) is 16.4. The van der Waals surface area contributed by atoms with Gasteiger partial charge in [0.05, 0.1) is 17.3 Å². The molecule has 1 nitrogen and oxygen atoms in total. The van der Waals surface area contributed by atoms with Crippen molar-refractivity contribution in [2.75, 3.05) is 0 Å². The van der Waals surface area contributed by atoms with E-state index in [9.17, 15) is 13.2 Å². The number of aromatic nitrogens is 1. The smallest absolute Gasteiger partial charge is 0.254 e. The molecule has 44 heavy (non-hydrogen) atoms. The summed E-state index contributed by atoms with van der Waals surface area (Å²) in [5.41, 5.74) is 6.56. The van der Waals surface area contributed by atoms with Gasteiger partial charge in [-0.1, -0.05) is 71.0 Å². The normalized spacial score (nSPS) is 16.6. The second kappa shape index (κ2) is 10.7. The zero-order valence-corrected chi connectivity index (χ0v) is 27.8. The Morgan fingerprint density at radius 1 is 0.909 bits per heavy atom. The predicted octanol–water partition coefficient (Wildman–Crippen LogP) is 12.7. The van der Waals surface area contributed by atoms with E-state index < -0.39 is 17.9 Å². The van der Waals surface area contributed by atoms with Crippen LogP contribution in [-0.4, -0.2) is 4.98 Å². The Labute approximate surface area is 265 Å². The molecule has 1 fully saturated rings. The number of thiophene rings is 1. The standard InChI is InChI=1S/C39H42F3NS/c1-22-17-27(25-13-15-38(7,8)16-14-25)18-23(2)32(22)35-24(3)33-31(39(40,41)42)21-43-34(36(33)44-35)28-19-26-11-9-10-12-29(26)30(20-28)37(4,5)6/h9-12,17-21,25H,13-16H2,1-8H3/i21D. The second-order valence-corrected chi connectivity index (χ2v) is 15.7. The average molecular weight is 615 g/mol. The molecule has 0 amide bonds. The number of aryl methyl sites for hydroxylation is 3. The number of rotatable bonds is 3. The van der Waals surface area contributed by atoms with E-state index in [0.717, 1.165) is 56.3 Å². The van der Waals surface area contributed by atoms with E-state index in [0.29, 0.717) is 27.3 Å². The van der Waals surface area contributed by atoms with Crippen LogP contribution in [0.3, 0.4) is 0 Å². The average Bonchev–Trinajstić information content (AvgIpc) is 3.26. The minimum absolute atomic E-state index is 0.0976. The zero-order chi connectivity index (χ0) is 32.6. The van der Waals surface area contributed by atoms with E-state index in [-0.39, 0.29) is 10.8 Å². The topological polar surface area (TPSA) is 12.9 Å². The highest BCUT2D eigenvalue weighted by Crippen LogP contribution is 2.50. The summed E-state index contributed by atoms with van der Waals surface area (Å²) in [6.07, 6.45) is -0.718. The first-order valence-electron chi connectivity index (χ1n) is 16.1. The largest absolute Gasteiger partial charge is 0.418 e. The van der Waals surface area contributed by atoms with Crippen molar-refractivity contribution in [1.82, 2.24) is 4.98 Å². The molecular formula is C39H42F3NS.